The van der Waals surface area contributed by atoms with Crippen LogP contribution < -0.4 is 0 Å². The lowest BCUT2D eigenvalue weighted by Gasteiger charge is -2.47. The molecule has 0 radical (unpaired) electrons. The molecule has 2 saturated heterocycles. The lowest BCUT2D eigenvalue weighted by Crippen LogP contribution is -2.55. The van der Waals surface area contributed by atoms with Gasteiger partial charge in [0.05, 0.1) is 5.75 Å². The highest BCUT2D eigenvalue weighted by molar-refractivity contribution is 7.89. The fraction of sp³-hybridized carbons (Fsp3) is 0.611. The van der Waals surface area contributed by atoms with E-state index in [1.807, 2.05) is 35.2 Å². The summed E-state index contributed by atoms with van der Waals surface area (Å²) in [7, 11) is -3.16. The fourth-order valence-corrected chi connectivity index (χ4v) is 5.21. The number of carbonyl (C=O) groups is 1. The molecule has 0 N–H and O–H groups in total. The average Bonchev–Trinajstić information content (AvgIpc) is 2.59. The number of nitrogens with zero attached hydrogens (tertiary/aromatic N) is 2. The lowest BCUT2D eigenvalue weighted by molar-refractivity contribution is -0.139. The van der Waals surface area contributed by atoms with E-state index in [1.54, 1.807) is 11.2 Å². The molecule has 0 saturated carbocycles. The van der Waals surface area contributed by atoms with Gasteiger partial charge in [-0.15, -0.1) is 0 Å². The van der Waals surface area contributed by atoms with Gasteiger partial charge in [0.2, 0.25) is 15.9 Å². The number of likely N-dealkylation sites (tertiary alicyclic amines) is 1. The molecule has 1 spiro atoms. The van der Waals surface area contributed by atoms with E-state index in [0.29, 0.717) is 32.6 Å². The van der Waals surface area contributed by atoms with E-state index in [-0.39, 0.29) is 17.1 Å². The van der Waals surface area contributed by atoms with E-state index in [4.69, 9.17) is 0 Å². The molecule has 2 fully saturated rings. The van der Waals surface area contributed by atoms with Crippen LogP contribution in [0.4, 0.5) is 0 Å². The van der Waals surface area contributed by atoms with Crippen LogP contribution in [0.3, 0.4) is 0 Å². The summed E-state index contributed by atoms with van der Waals surface area (Å²) in [6.45, 7) is 4.15. The minimum absolute atomic E-state index is 0.0802. The number of carbonyl (C=O) groups excluding carboxylic acids is 1. The van der Waals surface area contributed by atoms with Crippen LogP contribution in [-0.4, -0.2) is 48.9 Å². The first-order valence-electron chi connectivity index (χ1n) is 8.74. The smallest absolute Gasteiger partial charge is 0.222 e. The van der Waals surface area contributed by atoms with Gasteiger partial charge in [-0.2, -0.15) is 0 Å². The highest BCUT2D eigenvalue weighted by atomic mass is 32.2. The topological polar surface area (TPSA) is 57.7 Å². The summed E-state index contributed by atoms with van der Waals surface area (Å²) in [5, 5.41) is 0. The zero-order valence-electron chi connectivity index (χ0n) is 14.3. The highest BCUT2D eigenvalue weighted by Crippen LogP contribution is 2.40. The summed E-state index contributed by atoms with van der Waals surface area (Å²) in [5.41, 5.74) is 1.04. The van der Waals surface area contributed by atoms with Crippen LogP contribution in [0.25, 0.3) is 0 Å². The molecule has 1 aromatic carbocycles. The van der Waals surface area contributed by atoms with Gasteiger partial charge in [-0.1, -0.05) is 30.3 Å². The Morgan fingerprint density at radius 3 is 2.58 bits per heavy atom. The van der Waals surface area contributed by atoms with Gasteiger partial charge in [0.25, 0.3) is 0 Å². The Morgan fingerprint density at radius 2 is 1.88 bits per heavy atom. The molecule has 0 aromatic heterocycles. The van der Waals surface area contributed by atoms with Crippen molar-refractivity contribution in [3.63, 3.8) is 0 Å². The first kappa shape index (κ1) is 17.4. The second-order valence-corrected chi connectivity index (χ2v) is 9.33. The van der Waals surface area contributed by atoms with Crippen LogP contribution in [0, 0.1) is 5.41 Å². The quantitative estimate of drug-likeness (QED) is 0.837. The predicted molar refractivity (Wildman–Crippen MR) is 93.8 cm³/mol. The molecule has 1 atom stereocenters. The fourth-order valence-electron chi connectivity index (χ4n) is 3.97. The summed E-state index contributed by atoms with van der Waals surface area (Å²) >= 11 is 0. The number of hydrogen-bond acceptors (Lipinski definition) is 3. The summed E-state index contributed by atoms with van der Waals surface area (Å²) in [6.07, 6.45) is 3.20. The van der Waals surface area contributed by atoms with Gasteiger partial charge >= 0.3 is 0 Å². The van der Waals surface area contributed by atoms with Crippen LogP contribution in [0.5, 0.6) is 0 Å². The second-order valence-electron chi connectivity index (χ2n) is 7.07. The molecule has 0 aliphatic carbocycles. The molecule has 24 heavy (non-hydrogen) atoms. The Hall–Kier alpha value is -1.40. The van der Waals surface area contributed by atoms with E-state index in [9.17, 15) is 13.2 Å². The number of rotatable bonds is 4. The Labute approximate surface area is 144 Å². The Balaban J connectivity index is 1.75. The van der Waals surface area contributed by atoms with Gasteiger partial charge in [-0.05, 0) is 31.7 Å². The average molecular weight is 350 g/mol. The molecular weight excluding hydrogens is 324 g/mol. The molecule has 132 valence electrons. The van der Waals surface area contributed by atoms with Gasteiger partial charge in [-0.25, -0.2) is 12.7 Å². The molecule has 0 bridgehead atoms. The maximum absolute atomic E-state index is 12.4. The van der Waals surface area contributed by atoms with Crippen LogP contribution >= 0.6 is 0 Å². The first-order chi connectivity index (χ1) is 11.4. The molecule has 6 heteroatoms. The zero-order valence-corrected chi connectivity index (χ0v) is 15.1. The third-order valence-electron chi connectivity index (χ3n) is 5.35. The van der Waals surface area contributed by atoms with E-state index in [1.165, 1.54) is 0 Å². The SMILES string of the molecule is CCS(=O)(=O)N1CCC[C@@]2(CCC(=O)N(Cc3ccccc3)C2)C1. The molecular formula is C18H26N2O3S. The van der Waals surface area contributed by atoms with Crippen LogP contribution in [0.15, 0.2) is 30.3 Å². The second kappa shape index (κ2) is 6.84. The van der Waals surface area contributed by atoms with Crippen LogP contribution in [0.2, 0.25) is 0 Å². The molecule has 2 heterocycles. The van der Waals surface area contributed by atoms with Gasteiger partial charge in [0.1, 0.15) is 0 Å². The van der Waals surface area contributed by atoms with Gasteiger partial charge in [-0.3, -0.25) is 4.79 Å². The Bertz CT molecular complexity index is 689. The monoisotopic (exact) mass is 350 g/mol. The third-order valence-corrected chi connectivity index (χ3v) is 7.18. The van der Waals surface area contributed by atoms with Crippen molar-refractivity contribution in [2.75, 3.05) is 25.4 Å². The van der Waals surface area contributed by atoms with E-state index < -0.39 is 10.0 Å². The maximum Gasteiger partial charge on any atom is 0.222 e. The number of amides is 1. The normalized spacial score (nSPS) is 26.0. The Kier molecular flexibility index (Phi) is 4.97. The van der Waals surface area contributed by atoms with Crippen molar-refractivity contribution in [2.45, 2.75) is 39.2 Å². The molecule has 2 aliphatic rings. The number of piperidine rings is 2. The van der Waals surface area contributed by atoms with Crippen LogP contribution in [0.1, 0.15) is 38.2 Å². The largest absolute Gasteiger partial charge is 0.338 e. The Morgan fingerprint density at radius 1 is 1.12 bits per heavy atom. The number of benzene rings is 1. The zero-order chi connectivity index (χ0) is 17.2. The molecule has 3 rings (SSSR count). The van der Waals surface area contributed by atoms with E-state index in [2.05, 4.69) is 0 Å². The van der Waals surface area contributed by atoms with Crippen molar-refractivity contribution in [3.8, 4) is 0 Å². The predicted octanol–water partition coefficient (Wildman–Crippen LogP) is 2.24. The van der Waals surface area contributed by atoms with E-state index >= 15 is 0 Å². The molecule has 1 aromatic rings. The molecule has 1 amide bonds. The van der Waals surface area contributed by atoms with Crippen molar-refractivity contribution >= 4 is 15.9 Å². The third kappa shape index (κ3) is 3.64. The number of sulfonamides is 1. The number of hydrogen-bond donors (Lipinski definition) is 0. The van der Waals surface area contributed by atoms with Crippen molar-refractivity contribution < 1.29 is 13.2 Å². The summed E-state index contributed by atoms with van der Waals surface area (Å²) in [5.74, 6) is 0.329. The summed E-state index contributed by atoms with van der Waals surface area (Å²) < 4.78 is 26.2. The van der Waals surface area contributed by atoms with Crippen molar-refractivity contribution in [2.24, 2.45) is 5.41 Å². The van der Waals surface area contributed by atoms with E-state index in [0.717, 1.165) is 24.8 Å². The first-order valence-corrected chi connectivity index (χ1v) is 10.3. The molecule has 0 unspecified atom stereocenters. The van der Waals surface area contributed by atoms with Gasteiger partial charge < -0.3 is 4.90 Å². The molecule has 5 nitrogen and oxygen atoms in total. The van der Waals surface area contributed by atoms with Gasteiger partial charge in [0, 0.05) is 38.0 Å². The lowest BCUT2D eigenvalue weighted by atomic mass is 9.74. The minimum Gasteiger partial charge on any atom is -0.338 e. The summed E-state index contributed by atoms with van der Waals surface area (Å²) in [4.78, 5) is 14.3. The van der Waals surface area contributed by atoms with Gasteiger partial charge in [0.15, 0.2) is 0 Å². The molecule has 2 aliphatic heterocycles. The summed E-state index contributed by atoms with van der Waals surface area (Å²) in [6, 6.07) is 10.00. The highest BCUT2D eigenvalue weighted by Gasteiger charge is 2.43. The minimum atomic E-state index is -3.16. The van der Waals surface area contributed by atoms with Crippen molar-refractivity contribution in [1.29, 1.82) is 0 Å². The van der Waals surface area contributed by atoms with Crippen molar-refractivity contribution in [3.05, 3.63) is 35.9 Å². The van der Waals surface area contributed by atoms with Crippen molar-refractivity contribution in [1.82, 2.24) is 9.21 Å². The maximum atomic E-state index is 12.4. The van der Waals surface area contributed by atoms with Crippen LogP contribution in [-0.2, 0) is 21.4 Å². The standard InChI is InChI=1S/C18H26N2O3S/c1-2-24(22,23)20-12-6-10-18(15-20)11-9-17(21)19(14-18)13-16-7-4-3-5-8-16/h3-5,7-8H,2,6,9-15H2,1H3/t18-/m0/s1.